The van der Waals surface area contributed by atoms with Gasteiger partial charge >= 0.3 is 0 Å². The van der Waals surface area contributed by atoms with Crippen molar-refractivity contribution in [3.8, 4) is 11.8 Å². The second-order valence-corrected chi connectivity index (χ2v) is 2.95. The summed E-state index contributed by atoms with van der Waals surface area (Å²) in [4.78, 5) is 13.2. The van der Waals surface area contributed by atoms with Crippen LogP contribution in [0.15, 0.2) is 0 Å². The lowest BCUT2D eigenvalue weighted by Gasteiger charge is -2.30. The molecule has 72 valence electrons. The molecule has 0 aromatic rings. The van der Waals surface area contributed by atoms with Gasteiger partial charge in [-0.1, -0.05) is 12.8 Å². The predicted octanol–water partition coefficient (Wildman–Crippen LogP) is 0.647. The van der Waals surface area contributed by atoms with Gasteiger partial charge in [-0.15, -0.1) is 5.92 Å². The minimum absolute atomic E-state index is 0.0887. The van der Waals surface area contributed by atoms with E-state index in [9.17, 15) is 4.79 Å². The molecular formula is C10H15NO2. The molecule has 3 nitrogen and oxygen atoms in total. The lowest BCUT2D eigenvalue weighted by atomic mass is 10.2. The molecular weight excluding hydrogens is 166 g/mol. The standard InChI is InChI=1S/C10H15NO2/c1-3-5-9-8-11(6-7-13-9)10(12)4-2/h9H,4,6-8H2,1-2H3/t9-/m1/s1. The van der Waals surface area contributed by atoms with Crippen molar-refractivity contribution in [2.24, 2.45) is 0 Å². The summed E-state index contributed by atoms with van der Waals surface area (Å²) in [6, 6.07) is 0. The monoisotopic (exact) mass is 181 g/mol. The number of hydrogen-bond acceptors (Lipinski definition) is 2. The van der Waals surface area contributed by atoms with Crippen LogP contribution in [0.5, 0.6) is 0 Å². The number of carbonyl (C=O) groups is 1. The Hall–Kier alpha value is -1.01. The van der Waals surface area contributed by atoms with E-state index in [1.54, 1.807) is 6.92 Å². The second-order valence-electron chi connectivity index (χ2n) is 2.95. The summed E-state index contributed by atoms with van der Waals surface area (Å²) in [6.07, 6.45) is 0.473. The zero-order valence-electron chi connectivity index (χ0n) is 8.17. The van der Waals surface area contributed by atoms with Crippen molar-refractivity contribution in [1.82, 2.24) is 4.90 Å². The first-order chi connectivity index (χ1) is 6.27. The number of nitrogens with zero attached hydrogens (tertiary/aromatic N) is 1. The molecule has 0 aromatic carbocycles. The molecule has 1 heterocycles. The van der Waals surface area contributed by atoms with Gasteiger partial charge in [0.15, 0.2) is 0 Å². The van der Waals surface area contributed by atoms with Gasteiger partial charge < -0.3 is 9.64 Å². The highest BCUT2D eigenvalue weighted by atomic mass is 16.5. The Morgan fingerprint density at radius 3 is 3.08 bits per heavy atom. The van der Waals surface area contributed by atoms with Crippen LogP contribution >= 0.6 is 0 Å². The lowest BCUT2D eigenvalue weighted by Crippen LogP contribution is -2.44. The van der Waals surface area contributed by atoms with Crippen LogP contribution < -0.4 is 0 Å². The van der Waals surface area contributed by atoms with E-state index < -0.39 is 0 Å². The maximum atomic E-state index is 11.3. The molecule has 3 heteroatoms. The van der Waals surface area contributed by atoms with Crippen molar-refractivity contribution >= 4 is 5.91 Å². The van der Waals surface area contributed by atoms with Crippen LogP contribution in [0.4, 0.5) is 0 Å². The van der Waals surface area contributed by atoms with E-state index in [1.807, 2.05) is 11.8 Å². The average Bonchev–Trinajstić information content (AvgIpc) is 2.18. The maximum Gasteiger partial charge on any atom is 0.222 e. The molecule has 1 amide bonds. The van der Waals surface area contributed by atoms with Crippen LogP contribution in [0, 0.1) is 11.8 Å². The molecule has 1 atom stereocenters. The fraction of sp³-hybridized carbons (Fsp3) is 0.700. The van der Waals surface area contributed by atoms with Crippen LogP contribution in [0.2, 0.25) is 0 Å². The summed E-state index contributed by atoms with van der Waals surface area (Å²) < 4.78 is 5.38. The van der Waals surface area contributed by atoms with Crippen LogP contribution in [0.3, 0.4) is 0 Å². The highest BCUT2D eigenvalue weighted by Gasteiger charge is 2.21. The molecule has 1 saturated heterocycles. The molecule has 1 rings (SSSR count). The maximum absolute atomic E-state index is 11.3. The van der Waals surface area contributed by atoms with Gasteiger partial charge in [-0.2, -0.15) is 0 Å². The Balaban J connectivity index is 2.49. The van der Waals surface area contributed by atoms with E-state index in [4.69, 9.17) is 4.74 Å². The Labute approximate surface area is 79.1 Å². The third kappa shape index (κ3) is 2.74. The lowest BCUT2D eigenvalue weighted by molar-refractivity contribution is -0.136. The smallest absolute Gasteiger partial charge is 0.222 e. The van der Waals surface area contributed by atoms with Gasteiger partial charge in [0.2, 0.25) is 5.91 Å². The van der Waals surface area contributed by atoms with Crippen molar-refractivity contribution in [2.75, 3.05) is 19.7 Å². The van der Waals surface area contributed by atoms with Crippen LogP contribution in [0.1, 0.15) is 20.3 Å². The van der Waals surface area contributed by atoms with Crippen LogP contribution in [-0.2, 0) is 9.53 Å². The first-order valence-corrected chi connectivity index (χ1v) is 4.59. The quantitative estimate of drug-likeness (QED) is 0.556. The Bertz CT molecular complexity index is 239. The van der Waals surface area contributed by atoms with Crippen molar-refractivity contribution in [3.63, 3.8) is 0 Å². The number of hydrogen-bond donors (Lipinski definition) is 0. The molecule has 0 saturated carbocycles. The summed E-state index contributed by atoms with van der Waals surface area (Å²) >= 11 is 0. The van der Waals surface area contributed by atoms with Crippen molar-refractivity contribution in [2.45, 2.75) is 26.4 Å². The number of morpholine rings is 1. The van der Waals surface area contributed by atoms with Crippen molar-refractivity contribution < 1.29 is 9.53 Å². The molecule has 1 aliphatic heterocycles. The SMILES string of the molecule is CC#C[C@@H]1CN(C(=O)CC)CCO1. The first-order valence-electron chi connectivity index (χ1n) is 4.59. The van der Waals surface area contributed by atoms with Crippen LogP contribution in [0.25, 0.3) is 0 Å². The van der Waals surface area contributed by atoms with E-state index in [2.05, 4.69) is 11.8 Å². The molecule has 0 N–H and O–H groups in total. The van der Waals surface area contributed by atoms with Gasteiger partial charge in [0.05, 0.1) is 13.2 Å². The number of rotatable bonds is 1. The van der Waals surface area contributed by atoms with Gasteiger partial charge in [-0.3, -0.25) is 4.79 Å². The largest absolute Gasteiger partial charge is 0.362 e. The average molecular weight is 181 g/mol. The van der Waals surface area contributed by atoms with Gasteiger partial charge in [-0.05, 0) is 6.92 Å². The fourth-order valence-corrected chi connectivity index (χ4v) is 1.35. The van der Waals surface area contributed by atoms with Gasteiger partial charge in [0, 0.05) is 13.0 Å². The Morgan fingerprint density at radius 2 is 2.46 bits per heavy atom. The normalized spacial score (nSPS) is 22.0. The molecule has 0 aliphatic carbocycles. The number of ether oxygens (including phenoxy) is 1. The number of amides is 1. The zero-order valence-corrected chi connectivity index (χ0v) is 8.17. The fourth-order valence-electron chi connectivity index (χ4n) is 1.35. The molecule has 1 aliphatic rings. The van der Waals surface area contributed by atoms with Crippen molar-refractivity contribution in [3.05, 3.63) is 0 Å². The Kier molecular flexibility index (Phi) is 3.78. The first kappa shape index (κ1) is 10.1. The topological polar surface area (TPSA) is 29.5 Å². The molecule has 13 heavy (non-hydrogen) atoms. The third-order valence-electron chi connectivity index (χ3n) is 2.03. The molecule has 0 bridgehead atoms. The molecule has 0 radical (unpaired) electrons. The van der Waals surface area contributed by atoms with Crippen LogP contribution in [-0.4, -0.2) is 36.6 Å². The highest BCUT2D eigenvalue weighted by Crippen LogP contribution is 2.05. The molecule has 0 aromatic heterocycles. The summed E-state index contributed by atoms with van der Waals surface area (Å²) in [5.74, 6) is 5.92. The molecule has 1 fully saturated rings. The summed E-state index contributed by atoms with van der Waals surface area (Å²) in [5, 5.41) is 0. The van der Waals surface area contributed by atoms with E-state index >= 15 is 0 Å². The van der Waals surface area contributed by atoms with E-state index in [-0.39, 0.29) is 12.0 Å². The van der Waals surface area contributed by atoms with E-state index in [0.29, 0.717) is 26.1 Å². The molecule has 0 unspecified atom stereocenters. The number of carbonyl (C=O) groups excluding carboxylic acids is 1. The third-order valence-corrected chi connectivity index (χ3v) is 2.03. The summed E-state index contributed by atoms with van der Waals surface area (Å²) in [5.41, 5.74) is 0. The Morgan fingerprint density at radius 1 is 1.69 bits per heavy atom. The van der Waals surface area contributed by atoms with Gasteiger partial charge in [-0.25, -0.2) is 0 Å². The van der Waals surface area contributed by atoms with Crippen molar-refractivity contribution in [1.29, 1.82) is 0 Å². The molecule has 0 spiro atoms. The highest BCUT2D eigenvalue weighted by molar-refractivity contribution is 5.75. The summed E-state index contributed by atoms with van der Waals surface area (Å²) in [7, 11) is 0. The van der Waals surface area contributed by atoms with Gasteiger partial charge in [0.25, 0.3) is 0 Å². The van der Waals surface area contributed by atoms with E-state index in [1.165, 1.54) is 0 Å². The second kappa shape index (κ2) is 4.88. The van der Waals surface area contributed by atoms with Gasteiger partial charge in [0.1, 0.15) is 6.10 Å². The summed E-state index contributed by atoms with van der Waals surface area (Å²) in [6.45, 7) is 5.58. The van der Waals surface area contributed by atoms with E-state index in [0.717, 1.165) is 0 Å². The minimum Gasteiger partial charge on any atom is -0.362 e. The zero-order chi connectivity index (χ0) is 9.68. The predicted molar refractivity (Wildman–Crippen MR) is 50.1 cm³/mol. The minimum atomic E-state index is -0.0887.